The maximum atomic E-state index is 12.2. The van der Waals surface area contributed by atoms with Gasteiger partial charge in [0.2, 0.25) is 5.91 Å². The lowest BCUT2D eigenvalue weighted by Gasteiger charge is -2.15. The summed E-state index contributed by atoms with van der Waals surface area (Å²) in [6, 6.07) is 6.86. The first-order valence-electron chi connectivity index (χ1n) is 6.74. The van der Waals surface area contributed by atoms with Crippen LogP contribution in [0.2, 0.25) is 0 Å². The number of carboxylic acids is 1. The zero-order valence-corrected chi connectivity index (χ0v) is 11.4. The molecule has 1 aromatic rings. The first-order valence-corrected chi connectivity index (χ1v) is 6.74. The van der Waals surface area contributed by atoms with Gasteiger partial charge in [-0.3, -0.25) is 9.59 Å². The van der Waals surface area contributed by atoms with Crippen LogP contribution in [0.25, 0.3) is 0 Å². The molecule has 0 spiro atoms. The van der Waals surface area contributed by atoms with Crippen molar-refractivity contribution in [3.05, 3.63) is 29.8 Å². The molecule has 108 valence electrons. The first-order chi connectivity index (χ1) is 9.51. The lowest BCUT2D eigenvalue weighted by Crippen LogP contribution is -2.29. The highest BCUT2D eigenvalue weighted by atomic mass is 16.4. The van der Waals surface area contributed by atoms with Crippen molar-refractivity contribution in [2.45, 2.75) is 26.4 Å². The number of amides is 1. The second kappa shape index (κ2) is 6.05. The maximum Gasteiger partial charge on any atom is 0.307 e. The molecule has 1 aliphatic rings. The van der Waals surface area contributed by atoms with Gasteiger partial charge in [-0.2, -0.15) is 0 Å². The molecular formula is C15H19NO4. The average molecular weight is 277 g/mol. The minimum absolute atomic E-state index is 0.0462. The average Bonchev–Trinajstić information content (AvgIpc) is 2.82. The molecule has 0 aromatic heterocycles. The van der Waals surface area contributed by atoms with E-state index >= 15 is 0 Å². The number of carbonyl (C=O) groups excluding carboxylic acids is 1. The van der Waals surface area contributed by atoms with Gasteiger partial charge in [0.1, 0.15) is 0 Å². The standard InChI is InChI=1S/C15H19NO4/c1-9-6-12(13(7-9)15(19)20)14(18)16-11-4-2-10(8-17)3-5-11/h2-5,9,12-13,17H,6-8H2,1H3,(H,16,18)(H,19,20)/t9?,12-,13+/m0/s1. The summed E-state index contributed by atoms with van der Waals surface area (Å²) in [6.07, 6.45) is 1.16. The summed E-state index contributed by atoms with van der Waals surface area (Å²) < 4.78 is 0. The fraction of sp³-hybridized carbons (Fsp3) is 0.467. The SMILES string of the molecule is CC1C[C@H](C(=O)Nc2ccc(CO)cc2)[C@H](C(=O)O)C1. The van der Waals surface area contributed by atoms with Gasteiger partial charge in [0.15, 0.2) is 0 Å². The van der Waals surface area contributed by atoms with Crippen LogP contribution >= 0.6 is 0 Å². The third-order valence-corrected chi connectivity index (χ3v) is 3.86. The predicted octanol–water partition coefficient (Wildman–Crippen LogP) is 1.86. The van der Waals surface area contributed by atoms with E-state index in [1.54, 1.807) is 24.3 Å². The highest BCUT2D eigenvalue weighted by Crippen LogP contribution is 2.37. The number of hydrogen-bond acceptors (Lipinski definition) is 3. The summed E-state index contributed by atoms with van der Waals surface area (Å²) in [6.45, 7) is 1.93. The zero-order chi connectivity index (χ0) is 14.7. The van der Waals surface area contributed by atoms with Crippen molar-refractivity contribution >= 4 is 17.6 Å². The van der Waals surface area contributed by atoms with Crippen LogP contribution in [0.4, 0.5) is 5.69 Å². The molecule has 3 atom stereocenters. The Morgan fingerprint density at radius 1 is 1.20 bits per heavy atom. The third-order valence-electron chi connectivity index (χ3n) is 3.86. The summed E-state index contributed by atoms with van der Waals surface area (Å²) in [5.41, 5.74) is 1.39. The molecule has 1 fully saturated rings. The minimum Gasteiger partial charge on any atom is -0.481 e. The van der Waals surface area contributed by atoms with Crippen molar-refractivity contribution in [3.8, 4) is 0 Å². The van der Waals surface area contributed by atoms with Crippen LogP contribution in [-0.2, 0) is 16.2 Å². The molecule has 1 saturated carbocycles. The topological polar surface area (TPSA) is 86.6 Å². The molecule has 0 heterocycles. The van der Waals surface area contributed by atoms with Crippen LogP contribution in [0.1, 0.15) is 25.3 Å². The number of carbonyl (C=O) groups is 2. The normalized spacial score (nSPS) is 25.4. The van der Waals surface area contributed by atoms with Gasteiger partial charge < -0.3 is 15.5 Å². The molecule has 0 bridgehead atoms. The van der Waals surface area contributed by atoms with Crippen molar-refractivity contribution in [3.63, 3.8) is 0 Å². The monoisotopic (exact) mass is 277 g/mol. The number of anilines is 1. The Balaban J connectivity index is 2.04. The molecule has 0 saturated heterocycles. The van der Waals surface area contributed by atoms with Crippen LogP contribution in [-0.4, -0.2) is 22.1 Å². The number of aliphatic hydroxyl groups excluding tert-OH is 1. The molecule has 1 aromatic carbocycles. The fourth-order valence-electron chi connectivity index (χ4n) is 2.78. The van der Waals surface area contributed by atoms with Crippen molar-refractivity contribution in [1.82, 2.24) is 0 Å². The van der Waals surface area contributed by atoms with Gasteiger partial charge >= 0.3 is 5.97 Å². The molecule has 0 aliphatic heterocycles. The van der Waals surface area contributed by atoms with Crippen molar-refractivity contribution in [2.24, 2.45) is 17.8 Å². The molecule has 2 rings (SSSR count). The Morgan fingerprint density at radius 3 is 2.35 bits per heavy atom. The molecule has 20 heavy (non-hydrogen) atoms. The van der Waals surface area contributed by atoms with Gasteiger partial charge in [-0.25, -0.2) is 0 Å². The Morgan fingerprint density at radius 2 is 1.80 bits per heavy atom. The number of carboxylic acid groups (broad SMARTS) is 1. The molecule has 3 N–H and O–H groups in total. The van der Waals surface area contributed by atoms with E-state index in [9.17, 15) is 14.7 Å². The first kappa shape index (κ1) is 14.5. The van der Waals surface area contributed by atoms with Crippen LogP contribution < -0.4 is 5.32 Å². The molecule has 5 heteroatoms. The van der Waals surface area contributed by atoms with E-state index in [1.165, 1.54) is 0 Å². The van der Waals surface area contributed by atoms with E-state index < -0.39 is 17.8 Å². The number of benzene rings is 1. The van der Waals surface area contributed by atoms with Crippen molar-refractivity contribution < 1.29 is 19.8 Å². The summed E-state index contributed by atoms with van der Waals surface area (Å²) >= 11 is 0. The van der Waals surface area contributed by atoms with Gasteiger partial charge in [0.25, 0.3) is 0 Å². The van der Waals surface area contributed by atoms with E-state index in [1.807, 2.05) is 6.92 Å². The Labute approximate surface area is 117 Å². The van der Waals surface area contributed by atoms with E-state index in [2.05, 4.69) is 5.32 Å². The van der Waals surface area contributed by atoms with Crippen LogP contribution in [0.5, 0.6) is 0 Å². The van der Waals surface area contributed by atoms with E-state index in [0.29, 0.717) is 18.5 Å². The number of nitrogens with one attached hydrogen (secondary N) is 1. The van der Waals surface area contributed by atoms with Gasteiger partial charge in [-0.1, -0.05) is 19.1 Å². The molecule has 5 nitrogen and oxygen atoms in total. The van der Waals surface area contributed by atoms with Crippen LogP contribution in [0.3, 0.4) is 0 Å². The Hall–Kier alpha value is -1.88. The summed E-state index contributed by atoms with van der Waals surface area (Å²) in [4.78, 5) is 23.4. The lowest BCUT2D eigenvalue weighted by molar-refractivity contribution is -0.145. The van der Waals surface area contributed by atoms with Crippen LogP contribution in [0, 0.1) is 17.8 Å². The Bertz CT molecular complexity index is 497. The van der Waals surface area contributed by atoms with Crippen molar-refractivity contribution in [2.75, 3.05) is 5.32 Å². The van der Waals surface area contributed by atoms with Gasteiger partial charge in [0.05, 0.1) is 18.4 Å². The van der Waals surface area contributed by atoms with Crippen molar-refractivity contribution in [1.29, 1.82) is 0 Å². The lowest BCUT2D eigenvalue weighted by atomic mass is 9.95. The van der Waals surface area contributed by atoms with E-state index in [4.69, 9.17) is 5.11 Å². The van der Waals surface area contributed by atoms with Gasteiger partial charge in [0, 0.05) is 5.69 Å². The number of rotatable bonds is 4. The molecular weight excluding hydrogens is 258 g/mol. The largest absolute Gasteiger partial charge is 0.481 e. The maximum absolute atomic E-state index is 12.2. The molecule has 1 unspecified atom stereocenters. The Kier molecular flexibility index (Phi) is 4.39. The van der Waals surface area contributed by atoms with Crippen LogP contribution in [0.15, 0.2) is 24.3 Å². The highest BCUT2D eigenvalue weighted by Gasteiger charge is 2.41. The molecule has 1 amide bonds. The number of aliphatic hydroxyl groups is 1. The third kappa shape index (κ3) is 3.17. The second-order valence-corrected chi connectivity index (χ2v) is 5.47. The smallest absolute Gasteiger partial charge is 0.307 e. The van der Waals surface area contributed by atoms with E-state index in [0.717, 1.165) is 5.56 Å². The van der Waals surface area contributed by atoms with Gasteiger partial charge in [-0.05, 0) is 36.5 Å². The fourth-order valence-corrected chi connectivity index (χ4v) is 2.78. The highest BCUT2D eigenvalue weighted by molar-refractivity contribution is 5.95. The predicted molar refractivity (Wildman–Crippen MR) is 74.0 cm³/mol. The summed E-state index contributed by atoms with van der Waals surface area (Å²) in [5, 5.41) is 20.9. The van der Waals surface area contributed by atoms with E-state index in [-0.39, 0.29) is 18.4 Å². The number of aliphatic carboxylic acids is 1. The zero-order valence-electron chi connectivity index (χ0n) is 11.4. The minimum atomic E-state index is -0.898. The number of hydrogen-bond donors (Lipinski definition) is 3. The van der Waals surface area contributed by atoms with Gasteiger partial charge in [-0.15, -0.1) is 0 Å². The quantitative estimate of drug-likeness (QED) is 0.784. The second-order valence-electron chi connectivity index (χ2n) is 5.47. The molecule has 1 aliphatic carbocycles. The summed E-state index contributed by atoms with van der Waals surface area (Å²) in [5.74, 6) is -1.95. The molecule has 0 radical (unpaired) electrons. The summed E-state index contributed by atoms with van der Waals surface area (Å²) in [7, 11) is 0.